The fourth-order valence-corrected chi connectivity index (χ4v) is 5.22. The Hall–Kier alpha value is -3.27. The average molecular weight is 469 g/mol. The van der Waals surface area contributed by atoms with Gasteiger partial charge in [0.2, 0.25) is 5.91 Å². The minimum Gasteiger partial charge on any atom is -0.497 e. The summed E-state index contributed by atoms with van der Waals surface area (Å²) in [5, 5.41) is 18.2. The molecule has 9 nitrogen and oxygen atoms in total. The van der Waals surface area contributed by atoms with Crippen LogP contribution in [0.5, 0.6) is 5.75 Å². The van der Waals surface area contributed by atoms with Crippen molar-refractivity contribution >= 4 is 33.8 Å². The molecule has 0 radical (unpaired) electrons. The first-order valence-corrected chi connectivity index (χ1v) is 11.7. The summed E-state index contributed by atoms with van der Waals surface area (Å²) in [6.07, 6.45) is 3.85. The highest BCUT2D eigenvalue weighted by molar-refractivity contribution is 7.17. The molecule has 0 saturated carbocycles. The number of amides is 2. The van der Waals surface area contributed by atoms with Crippen LogP contribution in [0.25, 0.3) is 0 Å². The van der Waals surface area contributed by atoms with Gasteiger partial charge >= 0.3 is 0 Å². The topological polar surface area (TPSA) is 111 Å². The number of aromatic nitrogens is 4. The number of benzene rings is 1. The Balaban J connectivity index is 1.57. The number of rotatable bonds is 6. The molecule has 3 aromatic rings. The number of nitrogens with zero attached hydrogens (tertiary/aromatic N) is 4. The van der Waals surface area contributed by atoms with Gasteiger partial charge in [-0.15, -0.1) is 16.4 Å². The molecule has 0 bridgehead atoms. The van der Waals surface area contributed by atoms with Crippen LogP contribution in [0.1, 0.15) is 60.2 Å². The summed E-state index contributed by atoms with van der Waals surface area (Å²) in [5.41, 5.74) is 1.95. The smallest absolute Gasteiger partial charge is 0.258 e. The lowest BCUT2D eigenvalue weighted by molar-refractivity contribution is -0.117. The van der Waals surface area contributed by atoms with Gasteiger partial charge in [0.05, 0.1) is 12.7 Å². The zero-order chi connectivity index (χ0) is 23.6. The summed E-state index contributed by atoms with van der Waals surface area (Å²) >= 11 is 1.48. The van der Waals surface area contributed by atoms with E-state index in [-0.39, 0.29) is 23.8 Å². The summed E-state index contributed by atoms with van der Waals surface area (Å²) in [5.74, 6) is 0.837. The highest BCUT2D eigenvalue weighted by atomic mass is 32.1. The predicted molar refractivity (Wildman–Crippen MR) is 127 cm³/mol. The van der Waals surface area contributed by atoms with Gasteiger partial charge in [-0.2, -0.15) is 0 Å². The van der Waals surface area contributed by atoms with Crippen molar-refractivity contribution < 1.29 is 14.3 Å². The lowest BCUT2D eigenvalue weighted by Crippen LogP contribution is -2.26. The van der Waals surface area contributed by atoms with Crippen LogP contribution in [0, 0.1) is 0 Å². The Morgan fingerprint density at radius 3 is 2.55 bits per heavy atom. The van der Waals surface area contributed by atoms with Gasteiger partial charge in [-0.05, 0) is 65.9 Å². The van der Waals surface area contributed by atoms with Gasteiger partial charge in [-0.1, -0.05) is 20.8 Å². The predicted octanol–water partition coefficient (Wildman–Crippen LogP) is 3.81. The second-order valence-corrected chi connectivity index (χ2v) is 10.2. The van der Waals surface area contributed by atoms with Crippen LogP contribution in [0.3, 0.4) is 0 Å². The Morgan fingerprint density at radius 2 is 1.85 bits per heavy atom. The minimum absolute atomic E-state index is 0.0261. The van der Waals surface area contributed by atoms with Crippen molar-refractivity contribution in [1.82, 2.24) is 20.2 Å². The van der Waals surface area contributed by atoms with Gasteiger partial charge in [0.15, 0.2) is 5.82 Å². The fraction of sp³-hybridized carbons (Fsp3) is 0.435. The van der Waals surface area contributed by atoms with Gasteiger partial charge in [0.1, 0.15) is 17.3 Å². The van der Waals surface area contributed by atoms with E-state index in [2.05, 4.69) is 26.2 Å². The first kappa shape index (κ1) is 22.9. The normalized spacial score (nSPS) is 13.3. The highest BCUT2D eigenvalue weighted by Crippen LogP contribution is 2.38. The van der Waals surface area contributed by atoms with Crippen molar-refractivity contribution in [2.24, 2.45) is 0 Å². The van der Waals surface area contributed by atoms with Crippen LogP contribution in [0.4, 0.5) is 10.7 Å². The molecule has 1 aliphatic carbocycles. The molecule has 2 amide bonds. The van der Waals surface area contributed by atoms with Crippen molar-refractivity contribution in [3.63, 3.8) is 0 Å². The summed E-state index contributed by atoms with van der Waals surface area (Å²) in [4.78, 5) is 27.4. The van der Waals surface area contributed by atoms with Gasteiger partial charge in [-0.25, -0.2) is 4.68 Å². The minimum atomic E-state index is -0.296. The van der Waals surface area contributed by atoms with Crippen molar-refractivity contribution in [2.45, 2.75) is 58.4 Å². The van der Waals surface area contributed by atoms with Crippen molar-refractivity contribution in [3.05, 3.63) is 46.1 Å². The zero-order valence-electron chi connectivity index (χ0n) is 19.3. The summed E-state index contributed by atoms with van der Waals surface area (Å²) in [6, 6.07) is 7.17. The number of fused-ring (bicyclic) bond motifs is 1. The molecule has 10 heteroatoms. The number of carbonyl (C=O) groups is 2. The van der Waals surface area contributed by atoms with Gasteiger partial charge in [-0.3, -0.25) is 9.59 Å². The van der Waals surface area contributed by atoms with E-state index in [1.807, 2.05) is 20.8 Å². The van der Waals surface area contributed by atoms with Gasteiger partial charge in [0, 0.05) is 16.0 Å². The fourth-order valence-electron chi connectivity index (χ4n) is 3.91. The Labute approximate surface area is 196 Å². The van der Waals surface area contributed by atoms with Gasteiger partial charge < -0.3 is 15.4 Å². The average Bonchev–Trinajstić information content (AvgIpc) is 3.38. The van der Waals surface area contributed by atoms with Crippen LogP contribution in [-0.4, -0.2) is 39.1 Å². The van der Waals surface area contributed by atoms with E-state index in [9.17, 15) is 9.59 Å². The summed E-state index contributed by atoms with van der Waals surface area (Å²) in [7, 11) is 1.60. The summed E-state index contributed by atoms with van der Waals surface area (Å²) < 4.78 is 6.68. The molecule has 2 heterocycles. The standard InChI is InChI=1S/C23H28N6O3S/c1-23(2,3)22-26-27-28-29(22)13-18(30)25-21-19(16-7-5-6-8-17(16)33-21)20(31)24-14-9-11-15(32-4)12-10-14/h9-12H,5-8,13H2,1-4H3,(H,24,31)(H,25,30). The van der Waals surface area contributed by atoms with E-state index in [4.69, 9.17) is 4.74 Å². The van der Waals surface area contributed by atoms with E-state index in [0.717, 1.165) is 36.1 Å². The molecule has 1 aliphatic rings. The number of thiophene rings is 1. The SMILES string of the molecule is COc1ccc(NC(=O)c2c(NC(=O)Cn3nnnc3C(C)(C)C)sc3c2CCCC3)cc1. The maximum atomic E-state index is 13.3. The number of hydrogen-bond acceptors (Lipinski definition) is 7. The van der Waals surface area contributed by atoms with Crippen molar-refractivity contribution in [3.8, 4) is 5.75 Å². The van der Waals surface area contributed by atoms with Crippen molar-refractivity contribution in [1.29, 1.82) is 0 Å². The number of aryl methyl sites for hydroxylation is 1. The number of nitrogens with one attached hydrogen (secondary N) is 2. The number of carbonyl (C=O) groups excluding carboxylic acids is 2. The number of ether oxygens (including phenoxy) is 1. The second-order valence-electron chi connectivity index (χ2n) is 9.06. The molecule has 0 saturated heterocycles. The molecule has 0 unspecified atom stereocenters. The molecule has 2 N–H and O–H groups in total. The molecule has 0 atom stereocenters. The third-order valence-electron chi connectivity index (χ3n) is 5.50. The molecule has 4 rings (SSSR count). The molecular formula is C23H28N6O3S. The Kier molecular flexibility index (Phi) is 6.46. The van der Waals surface area contributed by atoms with Crippen LogP contribution < -0.4 is 15.4 Å². The monoisotopic (exact) mass is 468 g/mol. The molecule has 0 spiro atoms. The Morgan fingerprint density at radius 1 is 1.12 bits per heavy atom. The van der Waals surface area contributed by atoms with E-state index < -0.39 is 0 Å². The molecule has 0 fully saturated rings. The largest absolute Gasteiger partial charge is 0.497 e. The number of hydrogen-bond donors (Lipinski definition) is 2. The van der Waals surface area contributed by atoms with Crippen LogP contribution >= 0.6 is 11.3 Å². The first-order chi connectivity index (χ1) is 15.8. The lowest BCUT2D eigenvalue weighted by Gasteiger charge is -2.17. The molecule has 0 aliphatic heterocycles. The first-order valence-electron chi connectivity index (χ1n) is 10.9. The van der Waals surface area contributed by atoms with Crippen LogP contribution in [-0.2, 0) is 29.6 Å². The van der Waals surface area contributed by atoms with Gasteiger partial charge in [0.25, 0.3) is 5.91 Å². The number of anilines is 2. The second kappa shape index (κ2) is 9.30. The highest BCUT2D eigenvalue weighted by Gasteiger charge is 2.28. The zero-order valence-corrected chi connectivity index (χ0v) is 20.1. The maximum absolute atomic E-state index is 13.3. The third-order valence-corrected chi connectivity index (χ3v) is 6.70. The van der Waals surface area contributed by atoms with E-state index in [1.165, 1.54) is 16.0 Å². The van der Waals surface area contributed by atoms with E-state index in [1.54, 1.807) is 31.4 Å². The maximum Gasteiger partial charge on any atom is 0.258 e. The molecule has 1 aromatic carbocycles. The number of methoxy groups -OCH3 is 1. The van der Waals surface area contributed by atoms with Crippen LogP contribution in [0.15, 0.2) is 24.3 Å². The Bertz CT molecular complexity index is 1160. The van der Waals surface area contributed by atoms with E-state index in [0.29, 0.717) is 27.8 Å². The quantitative estimate of drug-likeness (QED) is 0.569. The third kappa shape index (κ3) is 5.05. The molecule has 33 heavy (non-hydrogen) atoms. The molecule has 2 aromatic heterocycles. The number of tetrazole rings is 1. The van der Waals surface area contributed by atoms with Crippen LogP contribution in [0.2, 0.25) is 0 Å². The molecule has 174 valence electrons. The van der Waals surface area contributed by atoms with E-state index >= 15 is 0 Å². The summed E-state index contributed by atoms with van der Waals surface area (Å²) in [6.45, 7) is 5.94. The van der Waals surface area contributed by atoms with Crippen molar-refractivity contribution in [2.75, 3.05) is 17.7 Å². The lowest BCUT2D eigenvalue weighted by atomic mass is 9.95. The molecular weight excluding hydrogens is 440 g/mol.